The smallest absolute Gasteiger partial charge is 0.309 e. The van der Waals surface area contributed by atoms with Crippen LogP contribution in [0.2, 0.25) is 0 Å². The number of amides is 1. The van der Waals surface area contributed by atoms with Gasteiger partial charge in [-0.15, -0.1) is 0 Å². The molecule has 0 heterocycles. The molecule has 6 heteroatoms. The van der Waals surface area contributed by atoms with Crippen LogP contribution in [0.3, 0.4) is 0 Å². The quantitative estimate of drug-likeness (QED) is 0.775. The molecule has 6 nitrogen and oxygen atoms in total. The van der Waals surface area contributed by atoms with Crippen molar-refractivity contribution in [2.75, 3.05) is 7.11 Å². The minimum absolute atomic E-state index is 0.00951. The predicted molar refractivity (Wildman–Crippen MR) is 99.0 cm³/mol. The van der Waals surface area contributed by atoms with Gasteiger partial charge in [0.05, 0.1) is 13.0 Å². The van der Waals surface area contributed by atoms with Crippen molar-refractivity contribution in [2.45, 2.75) is 51.7 Å². The van der Waals surface area contributed by atoms with Gasteiger partial charge in [-0.3, -0.25) is 14.4 Å². The molecule has 2 aliphatic carbocycles. The van der Waals surface area contributed by atoms with E-state index in [1.807, 2.05) is 24.3 Å². The van der Waals surface area contributed by atoms with E-state index in [1.165, 1.54) is 0 Å². The summed E-state index contributed by atoms with van der Waals surface area (Å²) in [7, 11) is 1.58. The van der Waals surface area contributed by atoms with Crippen LogP contribution in [0.4, 0.5) is 0 Å². The van der Waals surface area contributed by atoms with E-state index in [1.54, 1.807) is 14.0 Å². The van der Waals surface area contributed by atoms with Gasteiger partial charge in [-0.05, 0) is 38.7 Å². The fourth-order valence-electron chi connectivity index (χ4n) is 4.17. The molecule has 27 heavy (non-hydrogen) atoms. The normalized spacial score (nSPS) is 25.4. The number of Topliss-reactive ketones (excluding diaryl/α,β-unsaturated/α-hetero) is 1. The number of fused-ring (bicyclic) bond motifs is 2. The monoisotopic (exact) mass is 373 g/mol. The van der Waals surface area contributed by atoms with Crippen LogP contribution in [0, 0.1) is 17.8 Å². The molecular formula is C21H27NO5. The molecule has 2 bridgehead atoms. The molecule has 0 radical (unpaired) electrons. The number of rotatable bonds is 6. The number of nitrogens with one attached hydrogen (secondary N) is 1. The highest BCUT2D eigenvalue weighted by molar-refractivity contribution is 5.88. The molecule has 1 N–H and O–H groups in total. The van der Waals surface area contributed by atoms with E-state index in [9.17, 15) is 14.4 Å². The fourth-order valence-corrected chi connectivity index (χ4v) is 4.17. The van der Waals surface area contributed by atoms with Crippen molar-refractivity contribution in [3.8, 4) is 5.75 Å². The van der Waals surface area contributed by atoms with Crippen LogP contribution in [0.5, 0.6) is 5.75 Å². The average Bonchev–Trinajstić information content (AvgIpc) is 2.65. The zero-order valence-electron chi connectivity index (χ0n) is 15.9. The van der Waals surface area contributed by atoms with Gasteiger partial charge >= 0.3 is 5.97 Å². The highest BCUT2D eigenvalue weighted by Gasteiger charge is 2.42. The first kappa shape index (κ1) is 19.4. The number of benzene rings is 1. The summed E-state index contributed by atoms with van der Waals surface area (Å²) in [5.41, 5.74) is 0.852. The molecule has 2 fully saturated rings. The fraction of sp³-hybridized carbons (Fsp3) is 0.571. The Hall–Kier alpha value is -2.37. The van der Waals surface area contributed by atoms with Crippen LogP contribution < -0.4 is 10.1 Å². The molecule has 1 unspecified atom stereocenters. The molecule has 0 aliphatic heterocycles. The van der Waals surface area contributed by atoms with Crippen molar-refractivity contribution >= 4 is 17.7 Å². The third-order valence-electron chi connectivity index (χ3n) is 5.69. The van der Waals surface area contributed by atoms with Crippen LogP contribution in [-0.4, -0.2) is 30.9 Å². The van der Waals surface area contributed by atoms with Crippen molar-refractivity contribution in [3.63, 3.8) is 0 Å². The van der Waals surface area contributed by atoms with Gasteiger partial charge in [-0.2, -0.15) is 0 Å². The molecule has 1 aromatic carbocycles. The maximum absolute atomic E-state index is 12.5. The SMILES string of the molecule is COc1ccccc1CNC(=O)[C@H](C)OC(=O)C1C[C@H]2CCC[C@@H](C1)C2=O. The zero-order chi connectivity index (χ0) is 19.4. The van der Waals surface area contributed by atoms with Crippen LogP contribution in [0.15, 0.2) is 24.3 Å². The first-order chi connectivity index (χ1) is 13.0. The van der Waals surface area contributed by atoms with E-state index in [-0.39, 0.29) is 29.6 Å². The third-order valence-corrected chi connectivity index (χ3v) is 5.69. The number of esters is 1. The second-order valence-electron chi connectivity index (χ2n) is 7.50. The second-order valence-corrected chi connectivity index (χ2v) is 7.50. The van der Waals surface area contributed by atoms with Gasteiger partial charge in [0.15, 0.2) is 6.10 Å². The van der Waals surface area contributed by atoms with E-state index in [0.717, 1.165) is 24.8 Å². The van der Waals surface area contributed by atoms with Crippen molar-refractivity contribution in [3.05, 3.63) is 29.8 Å². The Morgan fingerprint density at radius 1 is 1.19 bits per heavy atom. The lowest BCUT2D eigenvalue weighted by Gasteiger charge is -2.36. The maximum Gasteiger partial charge on any atom is 0.309 e. The Bertz CT molecular complexity index is 700. The minimum Gasteiger partial charge on any atom is -0.496 e. The molecule has 3 rings (SSSR count). The van der Waals surface area contributed by atoms with Gasteiger partial charge in [-0.1, -0.05) is 24.6 Å². The van der Waals surface area contributed by atoms with Crippen molar-refractivity contribution in [1.82, 2.24) is 5.32 Å². The van der Waals surface area contributed by atoms with Crippen molar-refractivity contribution < 1.29 is 23.9 Å². The summed E-state index contributed by atoms with van der Waals surface area (Å²) in [6.45, 7) is 1.87. The number of carbonyl (C=O) groups is 3. The summed E-state index contributed by atoms with van der Waals surface area (Å²) in [6.07, 6.45) is 3.05. The second kappa shape index (κ2) is 8.55. The summed E-state index contributed by atoms with van der Waals surface area (Å²) in [5, 5.41) is 2.78. The number of hydrogen-bond acceptors (Lipinski definition) is 5. The van der Waals surface area contributed by atoms with Crippen LogP contribution >= 0.6 is 0 Å². The summed E-state index contributed by atoms with van der Waals surface area (Å²) in [5.74, 6) is 0.00589. The lowest BCUT2D eigenvalue weighted by atomic mass is 9.67. The Kier molecular flexibility index (Phi) is 6.14. The first-order valence-electron chi connectivity index (χ1n) is 9.63. The average molecular weight is 373 g/mol. The lowest BCUT2D eigenvalue weighted by Crippen LogP contribution is -2.42. The topological polar surface area (TPSA) is 81.7 Å². The standard InChI is InChI=1S/C21H27NO5/c1-13(20(24)22-12-16-6-3-4-9-18(16)26-2)27-21(25)17-10-14-7-5-8-15(11-17)19(14)23/h3-4,6,9,13-15,17H,5,7-8,10-12H2,1-2H3,(H,22,24)/t13-,14-,15+,17?/m0/s1. The Balaban J connectivity index is 1.50. The molecule has 0 saturated heterocycles. The van der Waals surface area contributed by atoms with E-state index in [0.29, 0.717) is 30.9 Å². The highest BCUT2D eigenvalue weighted by atomic mass is 16.5. The number of carbonyl (C=O) groups excluding carboxylic acids is 3. The van der Waals surface area contributed by atoms with Gasteiger partial charge in [0.25, 0.3) is 5.91 Å². The van der Waals surface area contributed by atoms with Gasteiger partial charge in [0.2, 0.25) is 0 Å². The number of ether oxygens (including phenoxy) is 2. The Morgan fingerprint density at radius 3 is 2.52 bits per heavy atom. The van der Waals surface area contributed by atoms with E-state index < -0.39 is 6.10 Å². The van der Waals surface area contributed by atoms with Gasteiger partial charge in [0.1, 0.15) is 11.5 Å². The molecule has 146 valence electrons. The summed E-state index contributed by atoms with van der Waals surface area (Å²) >= 11 is 0. The molecule has 0 aromatic heterocycles. The molecule has 1 amide bonds. The first-order valence-corrected chi connectivity index (χ1v) is 9.63. The van der Waals surface area contributed by atoms with Gasteiger partial charge in [0, 0.05) is 23.9 Å². The van der Waals surface area contributed by atoms with Crippen LogP contribution in [0.25, 0.3) is 0 Å². The largest absolute Gasteiger partial charge is 0.496 e. The maximum atomic E-state index is 12.5. The lowest BCUT2D eigenvalue weighted by molar-refractivity contribution is -0.162. The van der Waals surface area contributed by atoms with Crippen molar-refractivity contribution in [2.24, 2.45) is 17.8 Å². The van der Waals surface area contributed by atoms with Crippen LogP contribution in [-0.2, 0) is 25.7 Å². The molecular weight excluding hydrogens is 346 g/mol. The number of ketones is 1. The van der Waals surface area contributed by atoms with E-state index in [2.05, 4.69) is 5.32 Å². The molecule has 4 atom stereocenters. The molecule has 2 aliphatic rings. The Morgan fingerprint density at radius 2 is 1.85 bits per heavy atom. The molecule has 0 spiro atoms. The minimum atomic E-state index is -0.871. The number of hydrogen-bond donors (Lipinski definition) is 1. The zero-order valence-corrected chi connectivity index (χ0v) is 15.9. The predicted octanol–water partition coefficient (Wildman–Crippen LogP) is 2.64. The van der Waals surface area contributed by atoms with Crippen LogP contribution in [0.1, 0.15) is 44.6 Å². The molecule has 2 saturated carbocycles. The van der Waals surface area contributed by atoms with Gasteiger partial charge in [-0.25, -0.2) is 0 Å². The summed E-state index contributed by atoms with van der Waals surface area (Å²) in [6, 6.07) is 7.42. The highest BCUT2D eigenvalue weighted by Crippen LogP contribution is 2.40. The number of methoxy groups -OCH3 is 1. The van der Waals surface area contributed by atoms with Gasteiger partial charge < -0.3 is 14.8 Å². The van der Waals surface area contributed by atoms with E-state index in [4.69, 9.17) is 9.47 Å². The third kappa shape index (κ3) is 4.49. The summed E-state index contributed by atoms with van der Waals surface area (Å²) in [4.78, 5) is 36.9. The Labute approximate surface area is 159 Å². The summed E-state index contributed by atoms with van der Waals surface area (Å²) < 4.78 is 10.7. The number of para-hydroxylation sites is 1. The van der Waals surface area contributed by atoms with Crippen molar-refractivity contribution in [1.29, 1.82) is 0 Å². The van der Waals surface area contributed by atoms with E-state index >= 15 is 0 Å². The molecule has 1 aromatic rings.